The molecule has 120 valence electrons. The predicted molar refractivity (Wildman–Crippen MR) is 92.5 cm³/mol. The Bertz CT molecular complexity index is 244. The van der Waals surface area contributed by atoms with Crippen molar-refractivity contribution in [3.63, 3.8) is 0 Å². The Balaban J connectivity index is 2.60. The van der Waals surface area contributed by atoms with E-state index in [9.17, 15) is 0 Å². The molecule has 1 fully saturated rings. The molecule has 0 amide bonds. The number of hydrogen-bond acceptors (Lipinski definition) is 0. The summed E-state index contributed by atoms with van der Waals surface area (Å²) < 4.78 is 0. The van der Waals surface area contributed by atoms with Gasteiger partial charge >= 0.3 is 0 Å². The third-order valence-corrected chi connectivity index (χ3v) is 5.66. The first-order valence-electron chi connectivity index (χ1n) is 9.11. The smallest absolute Gasteiger partial charge is 0.0421 e. The lowest BCUT2D eigenvalue weighted by Gasteiger charge is -2.33. The monoisotopic (exact) mass is 300 g/mol. The molecule has 0 N–H and O–H groups in total. The van der Waals surface area contributed by atoms with E-state index in [2.05, 4.69) is 27.7 Å². The van der Waals surface area contributed by atoms with Gasteiger partial charge in [-0.25, -0.2) is 0 Å². The summed E-state index contributed by atoms with van der Waals surface area (Å²) in [5, 5.41) is 0. The first kappa shape index (κ1) is 18.3. The fourth-order valence-corrected chi connectivity index (χ4v) is 4.51. The molecule has 0 aromatic heterocycles. The number of rotatable bonds is 1. The first-order valence-corrected chi connectivity index (χ1v) is 9.49. The van der Waals surface area contributed by atoms with Crippen LogP contribution < -0.4 is 0 Å². The van der Waals surface area contributed by atoms with E-state index in [0.29, 0.717) is 0 Å². The maximum absolute atomic E-state index is 6.81. The molecule has 1 aliphatic rings. The van der Waals surface area contributed by atoms with Crippen LogP contribution in [0.2, 0.25) is 0 Å². The van der Waals surface area contributed by atoms with Gasteiger partial charge in [0.15, 0.2) is 0 Å². The van der Waals surface area contributed by atoms with Crippen molar-refractivity contribution in [1.82, 2.24) is 0 Å². The second-order valence-corrected chi connectivity index (χ2v) is 8.78. The van der Waals surface area contributed by atoms with E-state index in [4.69, 9.17) is 11.6 Å². The van der Waals surface area contributed by atoms with E-state index in [0.717, 1.165) is 17.8 Å². The van der Waals surface area contributed by atoms with Gasteiger partial charge in [-0.15, -0.1) is 11.6 Å². The summed E-state index contributed by atoms with van der Waals surface area (Å²) in [7, 11) is 0. The lowest BCUT2D eigenvalue weighted by Crippen LogP contribution is -2.27. The lowest BCUT2D eigenvalue weighted by molar-refractivity contribution is 0.215. The average Bonchev–Trinajstić information content (AvgIpc) is 2.33. The Morgan fingerprint density at radius 3 is 1.95 bits per heavy atom. The minimum Gasteiger partial charge on any atom is -0.120 e. The molecule has 1 heteroatoms. The summed E-state index contributed by atoms with van der Waals surface area (Å²) in [6.07, 6.45) is 15.1. The van der Waals surface area contributed by atoms with Gasteiger partial charge in [-0.3, -0.25) is 0 Å². The molecule has 0 aromatic carbocycles. The van der Waals surface area contributed by atoms with Crippen LogP contribution in [0.1, 0.15) is 98.3 Å². The topological polar surface area (TPSA) is 0 Å². The standard InChI is InChI=1S/C19H37Cl/c1-16(2)18-13-11-9-7-5-6-8-10-12-14-19(4,20)15-17(18)3/h16-18H,5-15H2,1-4H3. The molecule has 0 bridgehead atoms. The van der Waals surface area contributed by atoms with Crippen molar-refractivity contribution < 1.29 is 0 Å². The predicted octanol–water partition coefficient (Wildman–Crippen LogP) is 7.20. The zero-order chi connectivity index (χ0) is 15.0. The van der Waals surface area contributed by atoms with Gasteiger partial charge in [-0.2, -0.15) is 0 Å². The molecule has 0 nitrogen and oxygen atoms in total. The van der Waals surface area contributed by atoms with Gasteiger partial charge in [0.25, 0.3) is 0 Å². The Morgan fingerprint density at radius 2 is 1.40 bits per heavy atom. The second kappa shape index (κ2) is 9.34. The summed E-state index contributed by atoms with van der Waals surface area (Å²) in [6, 6.07) is 0. The zero-order valence-electron chi connectivity index (χ0n) is 14.4. The van der Waals surface area contributed by atoms with Gasteiger partial charge < -0.3 is 0 Å². The molecule has 0 aliphatic heterocycles. The highest BCUT2D eigenvalue weighted by Crippen LogP contribution is 2.37. The molecular weight excluding hydrogens is 264 g/mol. The molecule has 0 spiro atoms. The highest BCUT2D eigenvalue weighted by atomic mass is 35.5. The van der Waals surface area contributed by atoms with Crippen LogP contribution in [0.5, 0.6) is 0 Å². The molecule has 1 aliphatic carbocycles. The van der Waals surface area contributed by atoms with E-state index in [-0.39, 0.29) is 4.87 Å². The summed E-state index contributed by atoms with van der Waals surface area (Å²) in [4.78, 5) is 0.0245. The highest BCUT2D eigenvalue weighted by Gasteiger charge is 2.29. The number of hydrogen-bond donors (Lipinski definition) is 0. The minimum atomic E-state index is 0.0245. The van der Waals surface area contributed by atoms with Crippen molar-refractivity contribution in [3.05, 3.63) is 0 Å². The molecular formula is C19H37Cl. The van der Waals surface area contributed by atoms with Crippen molar-refractivity contribution in [2.24, 2.45) is 17.8 Å². The Morgan fingerprint density at radius 1 is 0.900 bits per heavy atom. The van der Waals surface area contributed by atoms with E-state index < -0.39 is 0 Å². The third kappa shape index (κ3) is 7.34. The van der Waals surface area contributed by atoms with E-state index in [1.807, 2.05) is 0 Å². The van der Waals surface area contributed by atoms with E-state index in [1.54, 1.807) is 0 Å². The van der Waals surface area contributed by atoms with Crippen LogP contribution >= 0.6 is 11.6 Å². The lowest BCUT2D eigenvalue weighted by atomic mass is 9.76. The Labute approximate surface area is 133 Å². The van der Waals surface area contributed by atoms with Gasteiger partial charge in [0.05, 0.1) is 0 Å². The van der Waals surface area contributed by atoms with Crippen LogP contribution in [-0.4, -0.2) is 4.87 Å². The molecule has 0 radical (unpaired) electrons. The summed E-state index contributed by atoms with van der Waals surface area (Å²) >= 11 is 6.81. The van der Waals surface area contributed by atoms with Gasteiger partial charge in [-0.05, 0) is 43.9 Å². The van der Waals surface area contributed by atoms with Crippen LogP contribution in [0.15, 0.2) is 0 Å². The number of halogens is 1. The minimum absolute atomic E-state index is 0.0245. The Hall–Kier alpha value is 0.290. The molecule has 1 rings (SSSR count). The highest BCUT2D eigenvalue weighted by molar-refractivity contribution is 6.23. The molecule has 0 saturated heterocycles. The first-order chi connectivity index (χ1) is 9.42. The molecule has 3 atom stereocenters. The quantitative estimate of drug-likeness (QED) is 0.449. The number of alkyl halides is 1. The zero-order valence-corrected chi connectivity index (χ0v) is 15.1. The second-order valence-electron chi connectivity index (χ2n) is 7.87. The Kier molecular flexibility index (Phi) is 8.56. The molecule has 0 heterocycles. The van der Waals surface area contributed by atoms with Gasteiger partial charge in [0, 0.05) is 4.87 Å². The SMILES string of the molecule is CC(C)C1CCCCCCCCCCC(C)(Cl)CC1C. The van der Waals surface area contributed by atoms with Gasteiger partial charge in [-0.1, -0.05) is 72.1 Å². The van der Waals surface area contributed by atoms with Crippen molar-refractivity contribution >= 4 is 11.6 Å². The molecule has 0 aromatic rings. The molecule has 20 heavy (non-hydrogen) atoms. The molecule has 3 unspecified atom stereocenters. The van der Waals surface area contributed by atoms with Crippen molar-refractivity contribution in [3.8, 4) is 0 Å². The fraction of sp³-hybridized carbons (Fsp3) is 1.00. The largest absolute Gasteiger partial charge is 0.120 e. The van der Waals surface area contributed by atoms with Crippen LogP contribution in [0.3, 0.4) is 0 Å². The summed E-state index contributed by atoms with van der Waals surface area (Å²) in [6.45, 7) is 9.51. The summed E-state index contributed by atoms with van der Waals surface area (Å²) in [5.41, 5.74) is 0. The van der Waals surface area contributed by atoms with E-state index in [1.165, 1.54) is 70.6 Å². The molecule has 1 saturated carbocycles. The maximum Gasteiger partial charge on any atom is 0.0421 e. The van der Waals surface area contributed by atoms with Gasteiger partial charge in [0.1, 0.15) is 0 Å². The summed E-state index contributed by atoms with van der Waals surface area (Å²) in [5.74, 6) is 2.42. The van der Waals surface area contributed by atoms with Crippen LogP contribution in [0.4, 0.5) is 0 Å². The third-order valence-electron chi connectivity index (χ3n) is 5.32. The van der Waals surface area contributed by atoms with Crippen LogP contribution in [0.25, 0.3) is 0 Å². The van der Waals surface area contributed by atoms with Crippen LogP contribution in [-0.2, 0) is 0 Å². The fourth-order valence-electron chi connectivity index (χ4n) is 4.13. The normalized spacial score (nSPS) is 35.7. The van der Waals surface area contributed by atoms with Crippen molar-refractivity contribution in [2.45, 2.75) is 103 Å². The van der Waals surface area contributed by atoms with Crippen LogP contribution in [0, 0.1) is 17.8 Å². The maximum atomic E-state index is 6.81. The van der Waals surface area contributed by atoms with Crippen molar-refractivity contribution in [1.29, 1.82) is 0 Å². The van der Waals surface area contributed by atoms with Crippen molar-refractivity contribution in [2.75, 3.05) is 0 Å². The average molecular weight is 301 g/mol. The van der Waals surface area contributed by atoms with E-state index >= 15 is 0 Å². The van der Waals surface area contributed by atoms with Gasteiger partial charge in [0.2, 0.25) is 0 Å².